The van der Waals surface area contributed by atoms with Crippen molar-refractivity contribution < 1.29 is 9.44 Å². The largest absolute Gasteiger partial charge is 0.625 e. The van der Waals surface area contributed by atoms with E-state index in [1.54, 1.807) is 0 Å². The standard InChI is InChI=1S/C7H5Br2NO2S/c1-10(12)2-3-4(7(10)11)6(9)13-5(3)8/h2H2,1H3. The van der Waals surface area contributed by atoms with Gasteiger partial charge in [0.15, 0.2) is 0 Å². The Bertz CT molecular complexity index is 399. The molecule has 1 aliphatic heterocycles. The van der Waals surface area contributed by atoms with Crippen LogP contribution in [-0.2, 0) is 6.54 Å². The first-order chi connectivity index (χ1) is 5.93. The summed E-state index contributed by atoms with van der Waals surface area (Å²) in [4.78, 5) is 11.6. The molecule has 0 radical (unpaired) electrons. The number of rotatable bonds is 0. The van der Waals surface area contributed by atoms with Crippen LogP contribution >= 0.6 is 43.2 Å². The molecule has 1 aromatic rings. The molecule has 1 aromatic heterocycles. The zero-order chi connectivity index (χ0) is 9.80. The average Bonchev–Trinajstić information content (AvgIpc) is 2.37. The third-order valence-electron chi connectivity index (χ3n) is 2.02. The molecule has 0 fully saturated rings. The molecule has 1 unspecified atom stereocenters. The van der Waals surface area contributed by atoms with Crippen molar-refractivity contribution in [3.8, 4) is 0 Å². The molecule has 13 heavy (non-hydrogen) atoms. The Kier molecular flexibility index (Phi) is 2.16. The summed E-state index contributed by atoms with van der Waals surface area (Å²) in [5.74, 6) is -0.358. The second-order valence-electron chi connectivity index (χ2n) is 3.07. The number of carbonyl (C=O) groups is 1. The molecule has 6 heteroatoms. The Morgan fingerprint density at radius 3 is 2.62 bits per heavy atom. The second kappa shape index (κ2) is 2.87. The van der Waals surface area contributed by atoms with Crippen molar-refractivity contribution >= 4 is 49.1 Å². The lowest BCUT2D eigenvalue weighted by molar-refractivity contribution is -0.785. The molecule has 3 nitrogen and oxygen atoms in total. The fraction of sp³-hybridized carbons (Fsp3) is 0.286. The summed E-state index contributed by atoms with van der Waals surface area (Å²) >= 11 is 8.05. The molecule has 70 valence electrons. The Morgan fingerprint density at radius 2 is 2.08 bits per heavy atom. The third kappa shape index (κ3) is 1.32. The zero-order valence-electron chi connectivity index (χ0n) is 6.63. The molecule has 0 N–H and O–H groups in total. The maximum absolute atomic E-state index is 11.6. The Morgan fingerprint density at radius 1 is 1.46 bits per heavy atom. The van der Waals surface area contributed by atoms with Crippen LogP contribution < -0.4 is 0 Å². The summed E-state index contributed by atoms with van der Waals surface area (Å²) in [6.07, 6.45) is 0. The quantitative estimate of drug-likeness (QED) is 0.543. The lowest BCUT2D eigenvalue weighted by Crippen LogP contribution is -2.37. The number of hydrogen-bond acceptors (Lipinski definition) is 3. The summed E-state index contributed by atoms with van der Waals surface area (Å²) in [7, 11) is 1.38. The van der Waals surface area contributed by atoms with Crippen LogP contribution in [0.15, 0.2) is 7.57 Å². The van der Waals surface area contributed by atoms with Crippen molar-refractivity contribution in [1.82, 2.24) is 0 Å². The van der Waals surface area contributed by atoms with Gasteiger partial charge < -0.3 is 5.21 Å². The first-order valence-electron chi connectivity index (χ1n) is 3.51. The van der Waals surface area contributed by atoms with E-state index in [2.05, 4.69) is 31.9 Å². The fourth-order valence-electron chi connectivity index (χ4n) is 1.37. The topological polar surface area (TPSA) is 40.1 Å². The van der Waals surface area contributed by atoms with Crippen molar-refractivity contribution in [2.75, 3.05) is 7.05 Å². The molecule has 2 rings (SSSR count). The van der Waals surface area contributed by atoms with Crippen LogP contribution in [0.2, 0.25) is 0 Å². The highest BCUT2D eigenvalue weighted by Crippen LogP contribution is 2.43. The molecule has 0 saturated heterocycles. The average molecular weight is 327 g/mol. The third-order valence-corrected chi connectivity index (χ3v) is 4.67. The van der Waals surface area contributed by atoms with E-state index in [4.69, 9.17) is 0 Å². The van der Waals surface area contributed by atoms with E-state index in [9.17, 15) is 10.0 Å². The number of carbonyl (C=O) groups excluding carboxylic acids is 1. The van der Waals surface area contributed by atoms with Gasteiger partial charge in [-0.05, 0) is 31.9 Å². The van der Waals surface area contributed by atoms with Crippen molar-refractivity contribution in [1.29, 1.82) is 0 Å². The normalized spacial score (nSPS) is 26.6. The molecule has 0 saturated carbocycles. The smallest absolute Gasteiger partial charge is 0.348 e. The molecular weight excluding hydrogens is 322 g/mol. The van der Waals surface area contributed by atoms with Gasteiger partial charge in [-0.1, -0.05) is 0 Å². The Balaban J connectivity index is 2.64. The monoisotopic (exact) mass is 325 g/mol. The maximum atomic E-state index is 11.6. The van der Waals surface area contributed by atoms with Crippen molar-refractivity contribution in [3.63, 3.8) is 0 Å². The van der Waals surface area contributed by atoms with Crippen LogP contribution in [0.3, 0.4) is 0 Å². The van der Waals surface area contributed by atoms with Gasteiger partial charge in [0, 0.05) is 0 Å². The van der Waals surface area contributed by atoms with Crippen LogP contribution in [0.4, 0.5) is 0 Å². The number of nitrogens with zero attached hydrogens (tertiary/aromatic N) is 1. The van der Waals surface area contributed by atoms with E-state index in [1.807, 2.05) is 0 Å². The zero-order valence-corrected chi connectivity index (χ0v) is 10.6. The molecule has 0 aromatic carbocycles. The number of hydrogen-bond donors (Lipinski definition) is 0. The number of quaternary nitrogens is 1. The van der Waals surface area contributed by atoms with Gasteiger partial charge in [0.25, 0.3) is 0 Å². The minimum atomic E-state index is -0.824. The van der Waals surface area contributed by atoms with Crippen LogP contribution in [0.1, 0.15) is 15.9 Å². The molecular formula is C7H5Br2NO2S. The van der Waals surface area contributed by atoms with Crippen LogP contribution in [0.25, 0.3) is 0 Å². The SMILES string of the molecule is C[N+]1([O-])Cc2c(Br)sc(Br)c2C1=O. The number of amides is 1. The molecule has 0 bridgehead atoms. The maximum Gasteiger partial charge on any atom is 0.348 e. The lowest BCUT2D eigenvalue weighted by atomic mass is 10.2. The summed E-state index contributed by atoms with van der Waals surface area (Å²) in [5, 5.41) is 11.6. The van der Waals surface area contributed by atoms with Crippen molar-refractivity contribution in [2.24, 2.45) is 0 Å². The van der Waals surface area contributed by atoms with Crippen LogP contribution in [0, 0.1) is 5.21 Å². The van der Waals surface area contributed by atoms with E-state index >= 15 is 0 Å². The number of hydroxylamine groups is 3. The van der Waals surface area contributed by atoms with Crippen molar-refractivity contribution in [2.45, 2.75) is 6.54 Å². The van der Waals surface area contributed by atoms with E-state index in [0.29, 0.717) is 5.56 Å². The molecule has 2 heterocycles. The van der Waals surface area contributed by atoms with Gasteiger partial charge in [0.1, 0.15) is 12.1 Å². The van der Waals surface area contributed by atoms with Crippen molar-refractivity contribution in [3.05, 3.63) is 23.9 Å². The first-order valence-corrected chi connectivity index (χ1v) is 5.92. The molecule has 0 aliphatic carbocycles. The van der Waals surface area contributed by atoms with Gasteiger partial charge >= 0.3 is 5.91 Å². The van der Waals surface area contributed by atoms with E-state index in [-0.39, 0.29) is 12.5 Å². The predicted octanol–water partition coefficient (Wildman–Crippen LogP) is 2.87. The summed E-state index contributed by atoms with van der Waals surface area (Å²) in [5.41, 5.74) is 1.38. The number of fused-ring (bicyclic) bond motifs is 1. The highest BCUT2D eigenvalue weighted by atomic mass is 79.9. The van der Waals surface area contributed by atoms with Gasteiger partial charge in [-0.15, -0.1) is 11.3 Å². The Hall–Kier alpha value is 0.250. The highest BCUT2D eigenvalue weighted by Gasteiger charge is 2.40. The summed E-state index contributed by atoms with van der Waals surface area (Å²) in [6, 6.07) is 0. The van der Waals surface area contributed by atoms with Gasteiger partial charge in [0.2, 0.25) is 0 Å². The molecule has 1 atom stereocenters. The molecule has 1 amide bonds. The van der Waals surface area contributed by atoms with Crippen LogP contribution in [0.5, 0.6) is 0 Å². The number of halogens is 2. The molecule has 1 aliphatic rings. The van der Waals surface area contributed by atoms with E-state index < -0.39 is 4.65 Å². The van der Waals surface area contributed by atoms with Gasteiger partial charge in [0.05, 0.1) is 20.2 Å². The molecule has 0 spiro atoms. The van der Waals surface area contributed by atoms with Gasteiger partial charge in [-0.2, -0.15) is 0 Å². The van der Waals surface area contributed by atoms with Gasteiger partial charge in [-0.3, -0.25) is 4.65 Å². The number of thiophene rings is 1. The van der Waals surface area contributed by atoms with E-state index in [0.717, 1.165) is 13.1 Å². The van der Waals surface area contributed by atoms with Crippen LogP contribution in [-0.4, -0.2) is 17.6 Å². The van der Waals surface area contributed by atoms with E-state index in [1.165, 1.54) is 18.4 Å². The minimum absolute atomic E-state index is 0.233. The lowest BCUT2D eigenvalue weighted by Gasteiger charge is -2.29. The first kappa shape index (κ1) is 9.79. The predicted molar refractivity (Wildman–Crippen MR) is 57.3 cm³/mol. The van der Waals surface area contributed by atoms with Gasteiger partial charge in [-0.25, -0.2) is 4.79 Å². The highest BCUT2D eigenvalue weighted by molar-refractivity contribution is 9.12. The Labute approximate surface area is 95.8 Å². The minimum Gasteiger partial charge on any atom is -0.625 e. The second-order valence-corrected chi connectivity index (χ2v) is 6.72. The summed E-state index contributed by atoms with van der Waals surface area (Å²) < 4.78 is 0.799. The fourth-order valence-corrected chi connectivity index (χ4v) is 4.49. The summed E-state index contributed by atoms with van der Waals surface area (Å²) in [6.45, 7) is 0.233.